The molecular formula is C12H26N2O. The predicted molar refractivity (Wildman–Crippen MR) is 63.9 cm³/mol. The summed E-state index contributed by atoms with van der Waals surface area (Å²) in [5.74, 6) is 0.639. The Balaban J connectivity index is 2.58. The van der Waals surface area contributed by atoms with Crippen molar-refractivity contribution in [3.63, 3.8) is 0 Å². The number of nitrogens with zero attached hydrogens (tertiary/aromatic N) is 1. The lowest BCUT2D eigenvalue weighted by Crippen LogP contribution is -2.48. The molecule has 0 aromatic carbocycles. The van der Waals surface area contributed by atoms with Crippen molar-refractivity contribution in [1.82, 2.24) is 4.90 Å². The first kappa shape index (κ1) is 12.9. The van der Waals surface area contributed by atoms with Crippen molar-refractivity contribution in [1.29, 1.82) is 0 Å². The second-order valence-corrected chi connectivity index (χ2v) is 4.79. The zero-order chi connectivity index (χ0) is 11.3. The SMILES string of the molecule is CCN1CCCC(C(C)(CCN)OC)C1. The summed E-state index contributed by atoms with van der Waals surface area (Å²) < 4.78 is 5.70. The molecule has 1 saturated heterocycles. The van der Waals surface area contributed by atoms with E-state index in [-0.39, 0.29) is 5.60 Å². The molecule has 0 amide bonds. The molecule has 2 unspecified atom stereocenters. The summed E-state index contributed by atoms with van der Waals surface area (Å²) in [6, 6.07) is 0. The van der Waals surface area contributed by atoms with Gasteiger partial charge < -0.3 is 15.4 Å². The number of piperidine rings is 1. The Bertz CT molecular complexity index is 186. The van der Waals surface area contributed by atoms with E-state index in [1.165, 1.54) is 25.9 Å². The van der Waals surface area contributed by atoms with Crippen LogP contribution in [0.2, 0.25) is 0 Å². The molecule has 3 heteroatoms. The van der Waals surface area contributed by atoms with Gasteiger partial charge in [0.25, 0.3) is 0 Å². The summed E-state index contributed by atoms with van der Waals surface area (Å²) in [6.07, 6.45) is 3.54. The van der Waals surface area contributed by atoms with E-state index in [0.717, 1.165) is 13.0 Å². The molecule has 0 bridgehead atoms. The van der Waals surface area contributed by atoms with Gasteiger partial charge in [-0.1, -0.05) is 6.92 Å². The van der Waals surface area contributed by atoms with Crippen LogP contribution in [-0.4, -0.2) is 43.8 Å². The fraction of sp³-hybridized carbons (Fsp3) is 1.00. The minimum absolute atomic E-state index is 0.0252. The Hall–Kier alpha value is -0.120. The third-order valence-corrected chi connectivity index (χ3v) is 3.92. The highest BCUT2D eigenvalue weighted by molar-refractivity contribution is 4.88. The van der Waals surface area contributed by atoms with Gasteiger partial charge in [-0.15, -0.1) is 0 Å². The number of likely N-dealkylation sites (tertiary alicyclic amines) is 1. The van der Waals surface area contributed by atoms with Crippen molar-refractivity contribution in [2.45, 2.75) is 38.7 Å². The molecule has 1 fully saturated rings. The van der Waals surface area contributed by atoms with E-state index >= 15 is 0 Å². The van der Waals surface area contributed by atoms with E-state index in [1.54, 1.807) is 0 Å². The van der Waals surface area contributed by atoms with Gasteiger partial charge in [-0.05, 0) is 45.8 Å². The number of hydrogen-bond acceptors (Lipinski definition) is 3. The summed E-state index contributed by atoms with van der Waals surface area (Å²) >= 11 is 0. The first-order valence-electron chi connectivity index (χ1n) is 6.14. The van der Waals surface area contributed by atoms with E-state index in [2.05, 4.69) is 18.7 Å². The van der Waals surface area contributed by atoms with Crippen LogP contribution in [0.4, 0.5) is 0 Å². The predicted octanol–water partition coefficient (Wildman–Crippen LogP) is 1.47. The lowest BCUT2D eigenvalue weighted by molar-refractivity contribution is -0.0696. The van der Waals surface area contributed by atoms with E-state index in [4.69, 9.17) is 10.5 Å². The fourth-order valence-electron chi connectivity index (χ4n) is 2.60. The molecule has 1 rings (SSSR count). The summed E-state index contributed by atoms with van der Waals surface area (Å²) in [6.45, 7) is 8.72. The Morgan fingerprint density at radius 2 is 2.27 bits per heavy atom. The van der Waals surface area contributed by atoms with Gasteiger partial charge in [0.15, 0.2) is 0 Å². The Morgan fingerprint density at radius 1 is 1.53 bits per heavy atom. The molecule has 0 radical (unpaired) electrons. The number of hydrogen-bond donors (Lipinski definition) is 1. The molecule has 15 heavy (non-hydrogen) atoms. The average molecular weight is 214 g/mol. The van der Waals surface area contributed by atoms with Crippen LogP contribution < -0.4 is 5.73 Å². The number of methoxy groups -OCH3 is 1. The first-order valence-corrected chi connectivity index (χ1v) is 6.14. The summed E-state index contributed by atoms with van der Waals surface area (Å²) in [4.78, 5) is 2.52. The maximum absolute atomic E-state index is 5.70. The normalized spacial score (nSPS) is 27.6. The highest BCUT2D eigenvalue weighted by Crippen LogP contribution is 2.31. The first-order chi connectivity index (χ1) is 7.16. The van der Waals surface area contributed by atoms with Crippen LogP contribution in [0.25, 0.3) is 0 Å². The molecular weight excluding hydrogens is 188 g/mol. The highest BCUT2D eigenvalue weighted by atomic mass is 16.5. The molecule has 1 heterocycles. The van der Waals surface area contributed by atoms with Crippen LogP contribution in [0.15, 0.2) is 0 Å². The van der Waals surface area contributed by atoms with Crippen molar-refractivity contribution < 1.29 is 4.74 Å². The van der Waals surface area contributed by atoms with Crippen molar-refractivity contribution in [3.8, 4) is 0 Å². The summed E-state index contributed by atoms with van der Waals surface area (Å²) in [5, 5.41) is 0. The summed E-state index contributed by atoms with van der Waals surface area (Å²) in [5.41, 5.74) is 5.65. The Kier molecular flexibility index (Phi) is 5.03. The van der Waals surface area contributed by atoms with Crippen molar-refractivity contribution in [3.05, 3.63) is 0 Å². The third kappa shape index (κ3) is 3.16. The number of rotatable bonds is 5. The topological polar surface area (TPSA) is 38.5 Å². The van der Waals surface area contributed by atoms with E-state index in [1.807, 2.05) is 7.11 Å². The molecule has 1 aliphatic heterocycles. The zero-order valence-electron chi connectivity index (χ0n) is 10.5. The lowest BCUT2D eigenvalue weighted by Gasteiger charge is -2.42. The van der Waals surface area contributed by atoms with Gasteiger partial charge in [-0.2, -0.15) is 0 Å². The van der Waals surface area contributed by atoms with E-state index in [0.29, 0.717) is 12.5 Å². The van der Waals surface area contributed by atoms with Gasteiger partial charge in [-0.25, -0.2) is 0 Å². The van der Waals surface area contributed by atoms with E-state index in [9.17, 15) is 0 Å². The van der Waals surface area contributed by atoms with Gasteiger partial charge in [0, 0.05) is 19.6 Å². The van der Waals surface area contributed by atoms with Gasteiger partial charge >= 0.3 is 0 Å². The molecule has 0 aliphatic carbocycles. The number of nitrogens with two attached hydrogens (primary N) is 1. The van der Waals surface area contributed by atoms with Crippen LogP contribution in [0.1, 0.15) is 33.1 Å². The van der Waals surface area contributed by atoms with Gasteiger partial charge in [-0.3, -0.25) is 0 Å². The smallest absolute Gasteiger partial charge is 0.0703 e. The van der Waals surface area contributed by atoms with Gasteiger partial charge in [0.2, 0.25) is 0 Å². The second-order valence-electron chi connectivity index (χ2n) is 4.79. The fourth-order valence-corrected chi connectivity index (χ4v) is 2.60. The number of ether oxygens (including phenoxy) is 1. The van der Waals surface area contributed by atoms with Crippen molar-refractivity contribution in [2.75, 3.05) is 33.3 Å². The maximum Gasteiger partial charge on any atom is 0.0703 e. The maximum atomic E-state index is 5.70. The Morgan fingerprint density at radius 3 is 2.80 bits per heavy atom. The van der Waals surface area contributed by atoms with E-state index < -0.39 is 0 Å². The summed E-state index contributed by atoms with van der Waals surface area (Å²) in [7, 11) is 1.82. The minimum Gasteiger partial charge on any atom is -0.378 e. The molecule has 0 spiro atoms. The minimum atomic E-state index is -0.0252. The van der Waals surface area contributed by atoms with Crippen molar-refractivity contribution in [2.24, 2.45) is 11.7 Å². The lowest BCUT2D eigenvalue weighted by atomic mass is 9.80. The van der Waals surface area contributed by atoms with Crippen LogP contribution in [0.3, 0.4) is 0 Å². The molecule has 2 atom stereocenters. The molecule has 0 aromatic rings. The van der Waals surface area contributed by atoms with Gasteiger partial charge in [0.05, 0.1) is 5.60 Å². The van der Waals surface area contributed by atoms with Crippen LogP contribution in [0, 0.1) is 5.92 Å². The Labute approximate surface area is 94.0 Å². The van der Waals surface area contributed by atoms with Crippen molar-refractivity contribution >= 4 is 0 Å². The molecule has 3 nitrogen and oxygen atoms in total. The van der Waals surface area contributed by atoms with Crippen LogP contribution >= 0.6 is 0 Å². The van der Waals surface area contributed by atoms with Crippen LogP contribution in [-0.2, 0) is 4.74 Å². The average Bonchev–Trinajstić information content (AvgIpc) is 2.29. The molecule has 90 valence electrons. The quantitative estimate of drug-likeness (QED) is 0.753. The van der Waals surface area contributed by atoms with Crippen LogP contribution in [0.5, 0.6) is 0 Å². The van der Waals surface area contributed by atoms with Gasteiger partial charge in [0.1, 0.15) is 0 Å². The highest BCUT2D eigenvalue weighted by Gasteiger charge is 2.35. The molecule has 0 aromatic heterocycles. The monoisotopic (exact) mass is 214 g/mol. The standard InChI is InChI=1S/C12H26N2O/c1-4-14-9-5-6-11(10-14)12(2,15-3)7-8-13/h11H,4-10,13H2,1-3H3. The molecule has 2 N–H and O–H groups in total. The largest absolute Gasteiger partial charge is 0.378 e. The zero-order valence-corrected chi connectivity index (χ0v) is 10.5. The third-order valence-electron chi connectivity index (χ3n) is 3.92. The molecule has 1 aliphatic rings. The second kappa shape index (κ2) is 5.83. The molecule has 0 saturated carbocycles.